The number of thiazole rings is 1. The average molecular weight is 329 g/mol. The summed E-state index contributed by atoms with van der Waals surface area (Å²) in [6, 6.07) is 4.26. The van der Waals surface area contributed by atoms with Crippen LogP contribution in [0.5, 0.6) is 0 Å². The summed E-state index contributed by atoms with van der Waals surface area (Å²) >= 11 is 1.32. The van der Waals surface area contributed by atoms with Crippen LogP contribution in [0.4, 0.5) is 4.39 Å². The fourth-order valence-electron chi connectivity index (χ4n) is 1.46. The van der Waals surface area contributed by atoms with Gasteiger partial charge < -0.3 is 0 Å². The summed E-state index contributed by atoms with van der Waals surface area (Å²) < 4.78 is 36.4. The Bertz CT molecular complexity index is 741. The number of hydrogen-bond acceptors (Lipinski definition) is 5. The molecule has 0 saturated heterocycles. The van der Waals surface area contributed by atoms with E-state index in [0.717, 1.165) is 30.0 Å². The number of rotatable bonds is 5. The van der Waals surface area contributed by atoms with E-state index in [4.69, 9.17) is 0 Å². The molecule has 21 heavy (non-hydrogen) atoms. The highest BCUT2D eigenvalue weighted by atomic mass is 32.2. The minimum absolute atomic E-state index is 0.0234. The van der Waals surface area contributed by atoms with Gasteiger partial charge in [0, 0.05) is 11.1 Å². The number of halogens is 1. The first kappa shape index (κ1) is 15.5. The van der Waals surface area contributed by atoms with Crippen LogP contribution in [-0.2, 0) is 21.2 Å². The third kappa shape index (κ3) is 4.31. The minimum Gasteiger partial charge on any atom is -0.277 e. The Morgan fingerprint density at radius 2 is 2.00 bits per heavy atom. The van der Waals surface area contributed by atoms with E-state index < -0.39 is 21.7 Å². The quantitative estimate of drug-likeness (QED) is 0.805. The highest BCUT2D eigenvalue weighted by Gasteiger charge is 2.15. The van der Waals surface area contributed by atoms with Gasteiger partial charge in [-0.25, -0.2) is 17.8 Å². The molecule has 9 heteroatoms. The topological polar surface area (TPSA) is 88.2 Å². The van der Waals surface area contributed by atoms with Crippen LogP contribution in [0.3, 0.4) is 0 Å². The standard InChI is InChI=1S/C12H12FN3O3S2/c1-8-7-20-12(14-8)6-11(17)15-16-21(18,19)10-4-2-9(13)3-5-10/h2-5,7,16H,6H2,1H3,(H,15,17). The predicted molar refractivity (Wildman–Crippen MR) is 75.4 cm³/mol. The maximum atomic E-state index is 12.7. The number of sulfonamides is 1. The fraction of sp³-hybridized carbons (Fsp3) is 0.167. The number of hydrazine groups is 1. The van der Waals surface area contributed by atoms with Crippen molar-refractivity contribution in [3.8, 4) is 0 Å². The zero-order valence-corrected chi connectivity index (χ0v) is 12.6. The lowest BCUT2D eigenvalue weighted by molar-refractivity contribution is -0.120. The molecule has 0 bridgehead atoms. The van der Waals surface area contributed by atoms with E-state index in [9.17, 15) is 17.6 Å². The van der Waals surface area contributed by atoms with Crippen LogP contribution < -0.4 is 10.3 Å². The molecule has 2 aromatic rings. The lowest BCUT2D eigenvalue weighted by Crippen LogP contribution is -2.42. The maximum Gasteiger partial charge on any atom is 0.257 e. The van der Waals surface area contributed by atoms with Crippen LogP contribution in [-0.4, -0.2) is 19.3 Å². The molecule has 0 spiro atoms. The van der Waals surface area contributed by atoms with Crippen LogP contribution in [0.15, 0.2) is 34.5 Å². The zero-order valence-electron chi connectivity index (χ0n) is 11.0. The minimum atomic E-state index is -3.92. The van der Waals surface area contributed by atoms with Crippen molar-refractivity contribution in [1.82, 2.24) is 15.2 Å². The molecule has 0 aliphatic rings. The van der Waals surface area contributed by atoms with E-state index in [2.05, 4.69) is 10.4 Å². The molecule has 1 aromatic heterocycles. The van der Waals surface area contributed by atoms with Crippen molar-refractivity contribution in [2.45, 2.75) is 18.2 Å². The van der Waals surface area contributed by atoms with Crippen LogP contribution in [0.25, 0.3) is 0 Å². The van der Waals surface area contributed by atoms with Gasteiger partial charge in [-0.2, -0.15) is 0 Å². The molecular formula is C12H12FN3O3S2. The van der Waals surface area contributed by atoms with Crippen molar-refractivity contribution in [2.24, 2.45) is 0 Å². The van der Waals surface area contributed by atoms with Gasteiger partial charge in [0.15, 0.2) is 0 Å². The van der Waals surface area contributed by atoms with Gasteiger partial charge in [-0.3, -0.25) is 10.2 Å². The van der Waals surface area contributed by atoms with Gasteiger partial charge in [0.1, 0.15) is 10.8 Å². The number of aryl methyl sites for hydroxylation is 1. The largest absolute Gasteiger partial charge is 0.277 e. The molecule has 1 amide bonds. The number of carbonyl (C=O) groups is 1. The Morgan fingerprint density at radius 1 is 1.33 bits per heavy atom. The number of benzene rings is 1. The predicted octanol–water partition coefficient (Wildman–Crippen LogP) is 1.14. The van der Waals surface area contributed by atoms with Gasteiger partial charge in [-0.1, -0.05) is 0 Å². The number of amides is 1. The van der Waals surface area contributed by atoms with Crippen molar-refractivity contribution in [3.63, 3.8) is 0 Å². The molecule has 1 aromatic carbocycles. The zero-order chi connectivity index (χ0) is 15.5. The van der Waals surface area contributed by atoms with Crippen molar-refractivity contribution in [2.75, 3.05) is 0 Å². The molecule has 2 N–H and O–H groups in total. The van der Waals surface area contributed by atoms with Gasteiger partial charge >= 0.3 is 0 Å². The highest BCUT2D eigenvalue weighted by Crippen LogP contribution is 2.10. The van der Waals surface area contributed by atoms with E-state index in [-0.39, 0.29) is 11.3 Å². The second-order valence-corrected chi connectivity index (χ2v) is 6.79. The number of aromatic nitrogens is 1. The van der Waals surface area contributed by atoms with E-state index in [1.54, 1.807) is 12.3 Å². The Morgan fingerprint density at radius 3 is 2.57 bits per heavy atom. The van der Waals surface area contributed by atoms with Gasteiger partial charge in [0.25, 0.3) is 10.0 Å². The summed E-state index contributed by atoms with van der Waals surface area (Å²) in [5.74, 6) is -1.08. The summed E-state index contributed by atoms with van der Waals surface area (Å²) in [5.41, 5.74) is 2.89. The summed E-state index contributed by atoms with van der Waals surface area (Å²) in [6.45, 7) is 1.80. The number of nitrogens with zero attached hydrogens (tertiary/aromatic N) is 1. The number of nitrogens with one attached hydrogen (secondary N) is 2. The lowest BCUT2D eigenvalue weighted by Gasteiger charge is -2.07. The second kappa shape index (κ2) is 6.29. The average Bonchev–Trinajstić information content (AvgIpc) is 2.82. The molecule has 0 saturated carbocycles. The number of carbonyl (C=O) groups excluding carboxylic acids is 1. The summed E-state index contributed by atoms with van der Waals surface area (Å²) in [4.78, 5) is 17.5. The van der Waals surface area contributed by atoms with E-state index in [1.165, 1.54) is 11.3 Å². The first-order valence-electron chi connectivity index (χ1n) is 5.84. The summed E-state index contributed by atoms with van der Waals surface area (Å²) in [7, 11) is -3.92. The molecule has 0 unspecified atom stereocenters. The molecule has 0 aliphatic heterocycles. The summed E-state index contributed by atoms with van der Waals surface area (Å²) in [6.07, 6.45) is -0.0234. The van der Waals surface area contributed by atoms with Crippen LogP contribution in [0, 0.1) is 12.7 Å². The van der Waals surface area contributed by atoms with Gasteiger partial charge in [-0.15, -0.1) is 16.2 Å². The molecule has 0 aliphatic carbocycles. The van der Waals surface area contributed by atoms with Crippen LogP contribution in [0.2, 0.25) is 0 Å². The van der Waals surface area contributed by atoms with Crippen molar-refractivity contribution >= 4 is 27.3 Å². The van der Waals surface area contributed by atoms with Crippen LogP contribution >= 0.6 is 11.3 Å². The van der Waals surface area contributed by atoms with E-state index in [1.807, 2.05) is 4.83 Å². The smallest absolute Gasteiger partial charge is 0.257 e. The van der Waals surface area contributed by atoms with Crippen molar-refractivity contribution < 1.29 is 17.6 Å². The highest BCUT2D eigenvalue weighted by molar-refractivity contribution is 7.89. The molecule has 2 rings (SSSR count). The first-order chi connectivity index (χ1) is 9.87. The number of hydrogen-bond donors (Lipinski definition) is 2. The lowest BCUT2D eigenvalue weighted by atomic mass is 10.4. The normalized spacial score (nSPS) is 11.3. The van der Waals surface area contributed by atoms with Gasteiger partial charge in [0.05, 0.1) is 11.3 Å². The van der Waals surface area contributed by atoms with E-state index in [0.29, 0.717) is 5.01 Å². The fourth-order valence-corrected chi connectivity index (χ4v) is 3.09. The Hall–Kier alpha value is -1.84. The Kier molecular flexibility index (Phi) is 4.66. The maximum absolute atomic E-state index is 12.7. The third-order valence-electron chi connectivity index (χ3n) is 2.43. The second-order valence-electron chi connectivity index (χ2n) is 4.17. The molecule has 1 heterocycles. The SMILES string of the molecule is Cc1csc(CC(=O)NNS(=O)(=O)c2ccc(F)cc2)n1. The van der Waals surface area contributed by atoms with Gasteiger partial charge in [0.2, 0.25) is 5.91 Å². The van der Waals surface area contributed by atoms with Gasteiger partial charge in [-0.05, 0) is 31.2 Å². The Balaban J connectivity index is 1.95. The first-order valence-corrected chi connectivity index (χ1v) is 8.20. The molecule has 112 valence electrons. The van der Waals surface area contributed by atoms with Crippen molar-refractivity contribution in [1.29, 1.82) is 0 Å². The molecule has 0 fully saturated rings. The monoisotopic (exact) mass is 329 g/mol. The Labute approximate surface area is 125 Å². The molecule has 0 radical (unpaired) electrons. The van der Waals surface area contributed by atoms with Crippen molar-refractivity contribution in [3.05, 3.63) is 46.2 Å². The molecule has 0 atom stereocenters. The third-order valence-corrected chi connectivity index (χ3v) is 4.66. The summed E-state index contributed by atoms with van der Waals surface area (Å²) in [5, 5.41) is 2.39. The molecule has 6 nitrogen and oxygen atoms in total. The molecular weight excluding hydrogens is 317 g/mol. The van der Waals surface area contributed by atoms with E-state index >= 15 is 0 Å². The van der Waals surface area contributed by atoms with Crippen LogP contribution in [0.1, 0.15) is 10.7 Å².